The highest BCUT2D eigenvalue weighted by atomic mass is 31.2. The Balaban J connectivity index is 1.52. The Hall–Kier alpha value is -1.94. The summed E-state index contributed by atoms with van der Waals surface area (Å²) in [4.78, 5) is 22.0. The minimum absolute atomic E-state index is 0.0619. The summed E-state index contributed by atoms with van der Waals surface area (Å²) in [7, 11) is -2.28. The van der Waals surface area contributed by atoms with E-state index in [2.05, 4.69) is 5.32 Å². The Kier molecular flexibility index (Phi) is 8.21. The summed E-state index contributed by atoms with van der Waals surface area (Å²) in [6.45, 7) is 7.96. The highest BCUT2D eigenvalue weighted by Gasteiger charge is 2.36. The van der Waals surface area contributed by atoms with Crippen LogP contribution in [-0.4, -0.2) is 61.0 Å². The predicted molar refractivity (Wildman–Crippen MR) is 120 cm³/mol. The molecule has 3 N–H and O–H groups in total. The smallest absolute Gasteiger partial charge is 0.342 e. The van der Waals surface area contributed by atoms with Gasteiger partial charge in [-0.1, -0.05) is 11.6 Å². The number of esters is 1. The number of cyclic esters (lactones) is 1. The van der Waals surface area contributed by atoms with E-state index >= 15 is 0 Å². The lowest BCUT2D eigenvalue weighted by Crippen LogP contribution is -2.46. The van der Waals surface area contributed by atoms with Gasteiger partial charge in [0.05, 0.1) is 13.3 Å². The monoisotopic (exact) mass is 485 g/mol. The van der Waals surface area contributed by atoms with Gasteiger partial charge in [0.1, 0.15) is 29.8 Å². The van der Waals surface area contributed by atoms with Crippen LogP contribution in [-0.2, 0) is 36.3 Å². The van der Waals surface area contributed by atoms with Gasteiger partial charge in [-0.05, 0) is 39.7 Å². The number of benzene rings is 1. The molecule has 10 nitrogen and oxygen atoms in total. The second-order valence-corrected chi connectivity index (χ2v) is 10.2. The maximum Gasteiger partial charge on any atom is 0.342 e. The van der Waals surface area contributed by atoms with Gasteiger partial charge in [-0.3, -0.25) is 4.57 Å². The van der Waals surface area contributed by atoms with E-state index in [0.29, 0.717) is 29.8 Å². The van der Waals surface area contributed by atoms with Gasteiger partial charge in [0.2, 0.25) is 0 Å². The van der Waals surface area contributed by atoms with E-state index in [1.165, 1.54) is 7.11 Å². The normalized spacial score (nSPS) is 22.8. The van der Waals surface area contributed by atoms with E-state index in [-0.39, 0.29) is 36.9 Å². The van der Waals surface area contributed by atoms with Crippen molar-refractivity contribution in [2.24, 2.45) is 0 Å². The number of nitrogens with one attached hydrogen (secondary N) is 1. The van der Waals surface area contributed by atoms with Crippen LogP contribution in [0.1, 0.15) is 47.8 Å². The molecule has 33 heavy (non-hydrogen) atoms. The Bertz CT molecular complexity index is 971. The molecule has 184 valence electrons. The molecule has 1 aromatic rings. The van der Waals surface area contributed by atoms with Crippen LogP contribution < -0.4 is 10.1 Å². The molecule has 2 aliphatic heterocycles. The summed E-state index contributed by atoms with van der Waals surface area (Å²) in [5, 5.41) is 13.8. The molecule has 1 unspecified atom stereocenters. The Morgan fingerprint density at radius 1 is 1.39 bits per heavy atom. The number of rotatable bonds is 11. The molecular weight excluding hydrogens is 453 g/mol. The van der Waals surface area contributed by atoms with E-state index in [0.717, 1.165) is 11.1 Å². The van der Waals surface area contributed by atoms with Crippen molar-refractivity contribution in [2.75, 3.05) is 26.4 Å². The minimum Gasteiger partial charge on any atom is -0.507 e. The van der Waals surface area contributed by atoms with Gasteiger partial charge < -0.3 is 38.8 Å². The number of ether oxygens (including phenoxy) is 4. The fourth-order valence-electron chi connectivity index (χ4n) is 3.85. The van der Waals surface area contributed by atoms with Gasteiger partial charge in [-0.25, -0.2) is 4.79 Å². The molecule has 2 heterocycles. The molecule has 1 saturated heterocycles. The van der Waals surface area contributed by atoms with Crippen LogP contribution in [0.5, 0.6) is 11.5 Å². The van der Waals surface area contributed by atoms with Crippen LogP contribution >= 0.6 is 7.60 Å². The number of hydrogen-bond donors (Lipinski definition) is 3. The van der Waals surface area contributed by atoms with Crippen molar-refractivity contribution in [1.82, 2.24) is 5.32 Å². The summed E-state index contributed by atoms with van der Waals surface area (Å²) in [5.74, 6) is -0.122. The number of carbonyl (C=O) groups excluding carboxylic acids is 1. The van der Waals surface area contributed by atoms with E-state index in [9.17, 15) is 19.4 Å². The number of methoxy groups -OCH3 is 1. The van der Waals surface area contributed by atoms with Gasteiger partial charge >= 0.3 is 13.6 Å². The lowest BCUT2D eigenvalue weighted by molar-refractivity contribution is -0.394. The standard InChI is InChI=1S/C22H32NO9P/c1-12(10-23-8-9-33(26,27)32-14(3)22-30-15(4)31-22)6-7-16-19(24)18-17(11-29-21(18)25)13(2)20(16)28-5/h6,14-15,22-24H,7-11H2,1-5H3,(H,26,27)/b12-6+/t14-,15?,22?/m0/s1. The third-order valence-electron chi connectivity index (χ3n) is 5.64. The summed E-state index contributed by atoms with van der Waals surface area (Å²) >= 11 is 0. The molecule has 1 fully saturated rings. The van der Waals surface area contributed by atoms with Gasteiger partial charge in [-0.2, -0.15) is 0 Å². The van der Waals surface area contributed by atoms with Gasteiger partial charge in [0, 0.05) is 24.2 Å². The molecule has 2 atom stereocenters. The third kappa shape index (κ3) is 5.95. The van der Waals surface area contributed by atoms with E-state index < -0.39 is 26.0 Å². The van der Waals surface area contributed by atoms with Crippen LogP contribution in [0.15, 0.2) is 11.6 Å². The van der Waals surface area contributed by atoms with Gasteiger partial charge in [0.15, 0.2) is 12.6 Å². The van der Waals surface area contributed by atoms with E-state index in [4.69, 9.17) is 23.5 Å². The van der Waals surface area contributed by atoms with Crippen molar-refractivity contribution in [3.05, 3.63) is 33.9 Å². The summed E-state index contributed by atoms with van der Waals surface area (Å²) in [6, 6.07) is 0. The molecule has 0 aromatic heterocycles. The maximum absolute atomic E-state index is 12.3. The predicted octanol–water partition coefficient (Wildman–Crippen LogP) is 2.77. The van der Waals surface area contributed by atoms with Crippen LogP contribution in [0.3, 0.4) is 0 Å². The largest absolute Gasteiger partial charge is 0.507 e. The van der Waals surface area contributed by atoms with Crippen molar-refractivity contribution in [1.29, 1.82) is 0 Å². The number of phenolic OH excluding ortho intramolecular Hbond substituents is 1. The number of fused-ring (bicyclic) bond motifs is 1. The molecule has 0 spiro atoms. The zero-order chi connectivity index (χ0) is 24.3. The molecule has 11 heteroatoms. The summed E-state index contributed by atoms with van der Waals surface area (Å²) < 4.78 is 38.6. The average Bonchev–Trinajstić information content (AvgIpc) is 3.12. The summed E-state index contributed by atoms with van der Waals surface area (Å²) in [6.07, 6.45) is 0.592. The number of allylic oxidation sites excluding steroid dienone is 1. The average molecular weight is 485 g/mol. The second-order valence-electron chi connectivity index (χ2n) is 8.23. The van der Waals surface area contributed by atoms with Crippen LogP contribution in [0.25, 0.3) is 0 Å². The number of phenols is 1. The van der Waals surface area contributed by atoms with Crippen LogP contribution in [0.2, 0.25) is 0 Å². The first-order chi connectivity index (χ1) is 15.5. The molecule has 2 aliphatic rings. The fourth-order valence-corrected chi connectivity index (χ4v) is 5.02. The zero-order valence-corrected chi connectivity index (χ0v) is 20.4. The first kappa shape index (κ1) is 25.7. The lowest BCUT2D eigenvalue weighted by atomic mass is 9.95. The van der Waals surface area contributed by atoms with Crippen molar-refractivity contribution >= 4 is 13.6 Å². The fraction of sp³-hybridized carbons (Fsp3) is 0.591. The molecule has 3 rings (SSSR count). The Labute approximate surface area is 193 Å². The van der Waals surface area contributed by atoms with Crippen LogP contribution in [0, 0.1) is 6.92 Å². The highest BCUT2D eigenvalue weighted by Crippen LogP contribution is 2.44. The second kappa shape index (κ2) is 10.5. The first-order valence-electron chi connectivity index (χ1n) is 10.8. The SMILES string of the molecule is COc1c(C)c2c(c(O)c1C/C=C(\C)CNCCP(=O)(O)O[C@@H](C)C1OC(C)O1)C(=O)OC2. The summed E-state index contributed by atoms with van der Waals surface area (Å²) in [5.41, 5.74) is 3.09. The molecule has 1 aromatic carbocycles. The van der Waals surface area contributed by atoms with Crippen molar-refractivity contribution in [3.63, 3.8) is 0 Å². The molecule has 0 saturated carbocycles. The molecular formula is C22H32NO9P. The Morgan fingerprint density at radius 2 is 2.09 bits per heavy atom. The number of carbonyl (C=O) groups is 1. The maximum atomic E-state index is 12.3. The molecule has 0 aliphatic carbocycles. The number of aromatic hydroxyl groups is 1. The molecule has 0 bridgehead atoms. The Morgan fingerprint density at radius 3 is 2.73 bits per heavy atom. The molecule has 0 amide bonds. The van der Waals surface area contributed by atoms with Crippen LogP contribution in [0.4, 0.5) is 0 Å². The topological polar surface area (TPSA) is 133 Å². The minimum atomic E-state index is -3.80. The number of hydrogen-bond acceptors (Lipinski definition) is 9. The van der Waals surface area contributed by atoms with E-state index in [1.54, 1.807) is 13.8 Å². The third-order valence-corrected chi connectivity index (χ3v) is 7.09. The molecule has 0 radical (unpaired) electrons. The van der Waals surface area contributed by atoms with E-state index in [1.807, 2.05) is 19.9 Å². The van der Waals surface area contributed by atoms with Crippen molar-refractivity contribution in [2.45, 2.75) is 59.4 Å². The quantitative estimate of drug-likeness (QED) is 0.186. The zero-order valence-electron chi connectivity index (χ0n) is 19.5. The van der Waals surface area contributed by atoms with Gasteiger partial charge in [-0.15, -0.1) is 0 Å². The highest BCUT2D eigenvalue weighted by molar-refractivity contribution is 7.52. The van der Waals surface area contributed by atoms with Crippen molar-refractivity contribution in [3.8, 4) is 11.5 Å². The van der Waals surface area contributed by atoms with Crippen molar-refractivity contribution < 1.29 is 42.8 Å². The first-order valence-corrected chi connectivity index (χ1v) is 12.6. The van der Waals surface area contributed by atoms with Gasteiger partial charge in [0.25, 0.3) is 0 Å². The lowest BCUT2D eigenvalue weighted by Gasteiger charge is -2.37.